The highest BCUT2D eigenvalue weighted by Gasteiger charge is 2.21. The minimum atomic E-state index is -1.05. The number of carbonyl (C=O) groups is 2. The van der Waals surface area contributed by atoms with Gasteiger partial charge in [-0.1, -0.05) is 12.1 Å². The van der Waals surface area contributed by atoms with Crippen LogP contribution in [0.25, 0.3) is 0 Å². The van der Waals surface area contributed by atoms with E-state index in [4.69, 9.17) is 9.84 Å². The average molecular weight is 265 g/mol. The van der Waals surface area contributed by atoms with Gasteiger partial charge in [-0.15, -0.1) is 0 Å². The van der Waals surface area contributed by atoms with E-state index in [0.717, 1.165) is 4.90 Å². The van der Waals surface area contributed by atoms with Crippen LogP contribution in [0.1, 0.15) is 31.1 Å². The van der Waals surface area contributed by atoms with E-state index < -0.39 is 11.6 Å². The molecule has 0 heterocycles. The number of ether oxygens (including phenoxy) is 1. The van der Waals surface area contributed by atoms with Gasteiger partial charge in [0.05, 0.1) is 5.56 Å². The lowest BCUT2D eigenvalue weighted by molar-refractivity contribution is -0.137. The van der Waals surface area contributed by atoms with E-state index >= 15 is 0 Å². The Hall–Kier alpha value is -2.04. The van der Waals surface area contributed by atoms with Crippen molar-refractivity contribution in [3.63, 3.8) is 0 Å². The third-order valence-electron chi connectivity index (χ3n) is 2.25. The summed E-state index contributed by atoms with van der Waals surface area (Å²) in [5, 5.41) is 8.71. The number of likely N-dealkylation sites (N-methyl/N-ethyl adjacent to an activating group) is 1. The van der Waals surface area contributed by atoms with Crippen molar-refractivity contribution in [2.45, 2.75) is 26.4 Å². The fourth-order valence-corrected chi connectivity index (χ4v) is 1.54. The van der Waals surface area contributed by atoms with Gasteiger partial charge in [-0.05, 0) is 32.9 Å². The van der Waals surface area contributed by atoms with Gasteiger partial charge in [-0.25, -0.2) is 0 Å². The molecule has 0 aliphatic carbocycles. The summed E-state index contributed by atoms with van der Waals surface area (Å²) in [7, 11) is 1.45. The van der Waals surface area contributed by atoms with Crippen molar-refractivity contribution in [1.82, 2.24) is 4.90 Å². The summed E-state index contributed by atoms with van der Waals surface area (Å²) in [4.78, 5) is 23.9. The topological polar surface area (TPSA) is 66.8 Å². The maximum absolute atomic E-state index is 12.2. The van der Waals surface area contributed by atoms with Gasteiger partial charge < -0.3 is 14.7 Å². The van der Waals surface area contributed by atoms with Crippen LogP contribution in [0.3, 0.4) is 0 Å². The van der Waals surface area contributed by atoms with Crippen molar-refractivity contribution in [2.75, 3.05) is 13.6 Å². The third-order valence-corrected chi connectivity index (χ3v) is 2.25. The number of benzene rings is 1. The molecule has 0 spiro atoms. The van der Waals surface area contributed by atoms with E-state index in [2.05, 4.69) is 0 Å². The summed E-state index contributed by atoms with van der Waals surface area (Å²) in [6.45, 7) is 5.31. The van der Waals surface area contributed by atoms with Crippen LogP contribution in [-0.2, 0) is 4.79 Å². The standard InChI is InChI=1S/C14H19NO4/c1-14(2,3)19-11-8-6-5-7-10(11)13(18)15(4)9-12(16)17/h5-8H,9H2,1-4H3,(H,16,17). The lowest BCUT2D eigenvalue weighted by Crippen LogP contribution is -2.33. The fourth-order valence-electron chi connectivity index (χ4n) is 1.54. The molecule has 1 amide bonds. The average Bonchev–Trinajstić information content (AvgIpc) is 2.25. The molecule has 1 aromatic carbocycles. The molecule has 1 aromatic rings. The number of para-hydroxylation sites is 1. The minimum Gasteiger partial charge on any atom is -0.487 e. The lowest BCUT2D eigenvalue weighted by Gasteiger charge is -2.24. The molecule has 0 radical (unpaired) electrons. The largest absolute Gasteiger partial charge is 0.487 e. The normalized spacial score (nSPS) is 10.9. The molecule has 0 bridgehead atoms. The van der Waals surface area contributed by atoms with E-state index in [1.165, 1.54) is 7.05 Å². The second kappa shape index (κ2) is 5.73. The Bertz CT molecular complexity index is 477. The molecular weight excluding hydrogens is 246 g/mol. The summed E-state index contributed by atoms with van der Waals surface area (Å²) in [6.07, 6.45) is 0. The van der Waals surface area contributed by atoms with E-state index in [0.29, 0.717) is 11.3 Å². The van der Waals surface area contributed by atoms with Gasteiger partial charge in [0.25, 0.3) is 5.91 Å². The number of carboxylic acid groups (broad SMARTS) is 1. The van der Waals surface area contributed by atoms with Gasteiger partial charge in [0.2, 0.25) is 0 Å². The van der Waals surface area contributed by atoms with Crippen LogP contribution < -0.4 is 4.74 Å². The summed E-state index contributed by atoms with van der Waals surface area (Å²) >= 11 is 0. The zero-order valence-corrected chi connectivity index (χ0v) is 11.6. The number of hydrogen-bond acceptors (Lipinski definition) is 3. The Morgan fingerprint density at radius 3 is 2.37 bits per heavy atom. The Morgan fingerprint density at radius 2 is 1.84 bits per heavy atom. The molecule has 0 saturated carbocycles. The first-order chi connectivity index (χ1) is 8.70. The van der Waals surface area contributed by atoms with Crippen molar-refractivity contribution >= 4 is 11.9 Å². The second-order valence-corrected chi connectivity index (χ2v) is 5.27. The summed E-state index contributed by atoms with van der Waals surface area (Å²) in [5.41, 5.74) is -0.0666. The predicted octanol–water partition coefficient (Wildman–Crippen LogP) is 2.02. The van der Waals surface area contributed by atoms with Gasteiger partial charge >= 0.3 is 5.97 Å². The van der Waals surface area contributed by atoms with Crippen LogP contribution >= 0.6 is 0 Å². The molecule has 0 aromatic heterocycles. The molecule has 5 heteroatoms. The van der Waals surface area contributed by atoms with E-state index in [1.807, 2.05) is 20.8 Å². The maximum atomic E-state index is 12.2. The second-order valence-electron chi connectivity index (χ2n) is 5.27. The molecule has 0 saturated heterocycles. The third kappa shape index (κ3) is 4.62. The van der Waals surface area contributed by atoms with Gasteiger partial charge in [0.1, 0.15) is 17.9 Å². The molecule has 0 aliphatic heterocycles. The highest BCUT2D eigenvalue weighted by molar-refractivity contribution is 5.98. The number of carbonyl (C=O) groups excluding carboxylic acids is 1. The lowest BCUT2D eigenvalue weighted by atomic mass is 10.1. The highest BCUT2D eigenvalue weighted by atomic mass is 16.5. The Kier molecular flexibility index (Phi) is 4.53. The van der Waals surface area contributed by atoms with Crippen molar-refractivity contribution < 1.29 is 19.4 Å². The molecular formula is C14H19NO4. The van der Waals surface area contributed by atoms with Gasteiger partial charge in [0.15, 0.2) is 0 Å². The number of hydrogen-bond donors (Lipinski definition) is 1. The quantitative estimate of drug-likeness (QED) is 0.904. The Labute approximate surface area is 112 Å². The molecule has 1 rings (SSSR count). The smallest absolute Gasteiger partial charge is 0.323 e. The van der Waals surface area contributed by atoms with E-state index in [9.17, 15) is 9.59 Å². The van der Waals surface area contributed by atoms with Crippen LogP contribution in [0, 0.1) is 0 Å². The molecule has 104 valence electrons. The van der Waals surface area contributed by atoms with Crippen LogP contribution in [0.15, 0.2) is 24.3 Å². The van der Waals surface area contributed by atoms with Crippen molar-refractivity contribution in [1.29, 1.82) is 0 Å². The first kappa shape index (κ1) is 15.0. The van der Waals surface area contributed by atoms with E-state index in [1.54, 1.807) is 24.3 Å². The van der Waals surface area contributed by atoms with Gasteiger partial charge in [0, 0.05) is 7.05 Å². The zero-order chi connectivity index (χ0) is 14.6. The minimum absolute atomic E-state index is 0.345. The monoisotopic (exact) mass is 265 g/mol. The highest BCUT2D eigenvalue weighted by Crippen LogP contribution is 2.23. The first-order valence-corrected chi connectivity index (χ1v) is 5.96. The van der Waals surface area contributed by atoms with Crippen LogP contribution in [-0.4, -0.2) is 41.1 Å². The molecule has 1 N–H and O–H groups in total. The van der Waals surface area contributed by atoms with E-state index in [-0.39, 0.29) is 12.5 Å². The fraction of sp³-hybridized carbons (Fsp3) is 0.429. The van der Waals surface area contributed by atoms with Crippen molar-refractivity contribution in [3.05, 3.63) is 29.8 Å². The number of rotatable bonds is 4. The molecule has 0 unspecified atom stereocenters. The molecule has 19 heavy (non-hydrogen) atoms. The maximum Gasteiger partial charge on any atom is 0.323 e. The first-order valence-electron chi connectivity index (χ1n) is 5.96. The Balaban J connectivity index is 3.00. The molecule has 0 atom stereocenters. The van der Waals surface area contributed by atoms with Gasteiger partial charge in [-0.3, -0.25) is 9.59 Å². The summed E-state index contributed by atoms with van der Waals surface area (Å²) < 4.78 is 5.71. The summed E-state index contributed by atoms with van der Waals surface area (Å²) in [5.74, 6) is -0.968. The molecule has 0 aliphatic rings. The summed E-state index contributed by atoms with van der Waals surface area (Å²) in [6, 6.07) is 6.82. The van der Waals surface area contributed by atoms with Crippen molar-refractivity contribution in [3.8, 4) is 5.75 Å². The predicted molar refractivity (Wildman–Crippen MR) is 71.4 cm³/mol. The Morgan fingerprint density at radius 1 is 1.26 bits per heavy atom. The van der Waals surface area contributed by atoms with Crippen LogP contribution in [0.2, 0.25) is 0 Å². The van der Waals surface area contributed by atoms with Crippen molar-refractivity contribution in [2.24, 2.45) is 0 Å². The number of amides is 1. The molecule has 5 nitrogen and oxygen atoms in total. The SMILES string of the molecule is CN(CC(=O)O)C(=O)c1ccccc1OC(C)(C)C. The number of nitrogens with zero attached hydrogens (tertiary/aromatic N) is 1. The number of carboxylic acids is 1. The molecule has 0 fully saturated rings. The van der Waals surface area contributed by atoms with Crippen LogP contribution in [0.5, 0.6) is 5.75 Å². The van der Waals surface area contributed by atoms with Gasteiger partial charge in [-0.2, -0.15) is 0 Å². The van der Waals surface area contributed by atoms with Crippen LogP contribution in [0.4, 0.5) is 0 Å². The zero-order valence-electron chi connectivity index (χ0n) is 11.6. The number of aliphatic carboxylic acids is 1.